The van der Waals surface area contributed by atoms with Gasteiger partial charge in [-0.25, -0.2) is 12.8 Å². The van der Waals surface area contributed by atoms with Crippen molar-refractivity contribution in [2.45, 2.75) is 43.3 Å². The van der Waals surface area contributed by atoms with Crippen molar-refractivity contribution < 1.29 is 27.1 Å². The van der Waals surface area contributed by atoms with Crippen molar-refractivity contribution in [3.05, 3.63) is 30.1 Å². The van der Waals surface area contributed by atoms with E-state index in [1.54, 1.807) is 11.8 Å². The summed E-state index contributed by atoms with van der Waals surface area (Å²) in [6, 6.07) is 5.32. The molecule has 2 aliphatic rings. The van der Waals surface area contributed by atoms with E-state index in [1.165, 1.54) is 22.5 Å². The van der Waals surface area contributed by atoms with Gasteiger partial charge in [-0.3, -0.25) is 4.79 Å². The number of carbonyl (C=O) groups is 1. The second kappa shape index (κ2) is 9.30. The Bertz CT molecular complexity index is 774. The normalized spacial score (nSPS) is 22.8. The minimum absolute atomic E-state index is 0.0340. The fourth-order valence-electron chi connectivity index (χ4n) is 3.46. The highest BCUT2D eigenvalue weighted by Gasteiger charge is 2.33. The summed E-state index contributed by atoms with van der Waals surface area (Å²) in [6.45, 7) is 3.57. The zero-order valence-electron chi connectivity index (χ0n) is 16.0. The Morgan fingerprint density at radius 3 is 2.61 bits per heavy atom. The van der Waals surface area contributed by atoms with Crippen molar-refractivity contribution in [2.75, 3.05) is 39.4 Å². The predicted octanol–water partition coefficient (Wildman–Crippen LogP) is 1.63. The number of sulfonamides is 1. The fourth-order valence-corrected chi connectivity index (χ4v) is 4.95. The third kappa shape index (κ3) is 4.89. The highest BCUT2D eigenvalue weighted by Crippen LogP contribution is 2.21. The lowest BCUT2D eigenvalue weighted by molar-refractivity contribution is -0.147. The van der Waals surface area contributed by atoms with Gasteiger partial charge in [-0.05, 0) is 38.3 Å². The molecule has 2 unspecified atom stereocenters. The fraction of sp³-hybridized carbons (Fsp3) is 0.632. The van der Waals surface area contributed by atoms with Crippen LogP contribution in [0.1, 0.15) is 26.2 Å². The molecule has 2 heterocycles. The van der Waals surface area contributed by atoms with Crippen molar-refractivity contribution in [3.8, 4) is 0 Å². The van der Waals surface area contributed by atoms with Crippen LogP contribution < -0.4 is 0 Å². The number of rotatable bonds is 6. The van der Waals surface area contributed by atoms with Crippen LogP contribution in [0.4, 0.5) is 4.39 Å². The van der Waals surface area contributed by atoms with Gasteiger partial charge in [0.25, 0.3) is 5.91 Å². The van der Waals surface area contributed by atoms with Crippen LogP contribution in [-0.4, -0.2) is 75.1 Å². The van der Waals surface area contributed by atoms with E-state index in [-0.39, 0.29) is 43.1 Å². The number of carbonyl (C=O) groups excluding carboxylic acids is 1. The first-order valence-electron chi connectivity index (χ1n) is 9.66. The largest absolute Gasteiger partial charge is 0.376 e. The van der Waals surface area contributed by atoms with Crippen LogP contribution in [0.3, 0.4) is 0 Å². The maximum Gasteiger partial charge on any atom is 0.251 e. The summed E-state index contributed by atoms with van der Waals surface area (Å²) in [5.41, 5.74) is 0. The molecule has 0 radical (unpaired) electrons. The molecule has 1 aromatic carbocycles. The zero-order valence-corrected chi connectivity index (χ0v) is 16.9. The molecule has 2 saturated heterocycles. The summed E-state index contributed by atoms with van der Waals surface area (Å²) in [4.78, 5) is 13.8. The van der Waals surface area contributed by atoms with Gasteiger partial charge in [0.05, 0.1) is 12.7 Å². The smallest absolute Gasteiger partial charge is 0.251 e. The summed E-state index contributed by atoms with van der Waals surface area (Å²) in [6.07, 6.45) is 2.53. The van der Waals surface area contributed by atoms with E-state index in [0.717, 1.165) is 31.9 Å². The minimum atomic E-state index is -3.91. The average molecular weight is 414 g/mol. The van der Waals surface area contributed by atoms with Crippen LogP contribution in [0, 0.1) is 5.82 Å². The van der Waals surface area contributed by atoms with Crippen molar-refractivity contribution in [1.29, 1.82) is 0 Å². The van der Waals surface area contributed by atoms with Crippen LogP contribution in [0.15, 0.2) is 29.2 Å². The first-order valence-corrected chi connectivity index (χ1v) is 11.1. The highest BCUT2D eigenvalue weighted by molar-refractivity contribution is 7.89. The van der Waals surface area contributed by atoms with Gasteiger partial charge in [0.15, 0.2) is 0 Å². The van der Waals surface area contributed by atoms with Crippen LogP contribution in [0.5, 0.6) is 0 Å². The van der Waals surface area contributed by atoms with Gasteiger partial charge in [-0.1, -0.05) is 12.1 Å². The van der Waals surface area contributed by atoms with Gasteiger partial charge in [0, 0.05) is 32.8 Å². The molecule has 0 bridgehead atoms. The van der Waals surface area contributed by atoms with Gasteiger partial charge in [0.2, 0.25) is 10.0 Å². The Morgan fingerprint density at radius 1 is 1.25 bits per heavy atom. The van der Waals surface area contributed by atoms with Gasteiger partial charge >= 0.3 is 0 Å². The molecule has 2 aliphatic heterocycles. The Kier molecular flexibility index (Phi) is 7.03. The third-order valence-electron chi connectivity index (χ3n) is 5.16. The average Bonchev–Trinajstić information content (AvgIpc) is 2.72. The molecule has 1 aromatic rings. The number of halogens is 1. The predicted molar refractivity (Wildman–Crippen MR) is 101 cm³/mol. The number of hydrogen-bond acceptors (Lipinski definition) is 5. The quantitative estimate of drug-likeness (QED) is 0.707. The molecular weight excluding hydrogens is 387 g/mol. The third-order valence-corrected chi connectivity index (χ3v) is 7.09. The lowest BCUT2D eigenvalue weighted by Crippen LogP contribution is -2.53. The second-order valence-corrected chi connectivity index (χ2v) is 9.03. The summed E-state index contributed by atoms with van der Waals surface area (Å²) >= 11 is 0. The molecule has 156 valence electrons. The molecule has 7 nitrogen and oxygen atoms in total. The maximum atomic E-state index is 13.9. The maximum absolute atomic E-state index is 13.9. The number of piperazine rings is 1. The van der Waals surface area contributed by atoms with E-state index < -0.39 is 21.9 Å². The van der Waals surface area contributed by atoms with Gasteiger partial charge in [0.1, 0.15) is 16.8 Å². The van der Waals surface area contributed by atoms with E-state index in [1.807, 2.05) is 0 Å². The summed E-state index contributed by atoms with van der Waals surface area (Å²) in [5.74, 6) is -0.938. The molecule has 0 saturated carbocycles. The van der Waals surface area contributed by atoms with Crippen molar-refractivity contribution in [1.82, 2.24) is 9.21 Å². The van der Waals surface area contributed by atoms with Gasteiger partial charge < -0.3 is 14.4 Å². The minimum Gasteiger partial charge on any atom is -0.376 e. The van der Waals surface area contributed by atoms with E-state index in [9.17, 15) is 17.6 Å². The molecule has 28 heavy (non-hydrogen) atoms. The Balaban J connectivity index is 1.51. The molecule has 9 heteroatoms. The number of amides is 1. The van der Waals surface area contributed by atoms with Crippen molar-refractivity contribution >= 4 is 15.9 Å². The summed E-state index contributed by atoms with van der Waals surface area (Å²) in [5, 5.41) is 0. The van der Waals surface area contributed by atoms with Crippen molar-refractivity contribution in [3.63, 3.8) is 0 Å². The van der Waals surface area contributed by atoms with E-state index in [0.29, 0.717) is 6.61 Å². The van der Waals surface area contributed by atoms with E-state index in [2.05, 4.69) is 0 Å². The lowest BCUT2D eigenvalue weighted by Gasteiger charge is -2.35. The molecule has 2 fully saturated rings. The summed E-state index contributed by atoms with van der Waals surface area (Å²) in [7, 11) is -3.91. The zero-order chi connectivity index (χ0) is 20.1. The first-order chi connectivity index (χ1) is 13.4. The first kappa shape index (κ1) is 21.2. The molecule has 3 rings (SSSR count). The molecule has 0 aliphatic carbocycles. The monoisotopic (exact) mass is 414 g/mol. The van der Waals surface area contributed by atoms with E-state index >= 15 is 0 Å². The number of benzene rings is 1. The number of hydrogen-bond donors (Lipinski definition) is 0. The topological polar surface area (TPSA) is 76.2 Å². The number of nitrogens with zero attached hydrogens (tertiary/aromatic N) is 2. The number of ether oxygens (including phenoxy) is 2. The van der Waals surface area contributed by atoms with Crippen LogP contribution >= 0.6 is 0 Å². The Hall–Kier alpha value is -1.55. The standard InChI is InChI=1S/C19H27FN2O5S/c1-15(27-14-16-6-4-5-13-26-16)19(23)21-9-11-22(12-10-21)28(24,25)18-8-3-2-7-17(18)20/h2-3,7-8,15-16H,4-6,9-14H2,1H3. The Morgan fingerprint density at radius 2 is 1.96 bits per heavy atom. The summed E-state index contributed by atoms with van der Waals surface area (Å²) < 4.78 is 51.7. The van der Waals surface area contributed by atoms with Crippen molar-refractivity contribution in [2.24, 2.45) is 0 Å². The SMILES string of the molecule is CC(OCC1CCCCO1)C(=O)N1CCN(S(=O)(=O)c2ccccc2F)CC1. The van der Waals surface area contributed by atoms with Gasteiger partial charge in [-0.15, -0.1) is 0 Å². The van der Waals surface area contributed by atoms with Crippen LogP contribution in [-0.2, 0) is 24.3 Å². The molecular formula is C19H27FN2O5S. The molecule has 2 atom stereocenters. The molecule has 0 spiro atoms. The molecule has 0 aromatic heterocycles. The van der Waals surface area contributed by atoms with Gasteiger partial charge in [-0.2, -0.15) is 4.31 Å². The molecule has 1 amide bonds. The lowest BCUT2D eigenvalue weighted by atomic mass is 10.1. The Labute approximate surface area is 165 Å². The second-order valence-electron chi connectivity index (χ2n) is 7.12. The van der Waals surface area contributed by atoms with Crippen LogP contribution in [0.25, 0.3) is 0 Å². The highest BCUT2D eigenvalue weighted by atomic mass is 32.2. The molecule has 0 N–H and O–H groups in total. The van der Waals surface area contributed by atoms with E-state index in [4.69, 9.17) is 9.47 Å². The van der Waals surface area contributed by atoms with Crippen LogP contribution in [0.2, 0.25) is 0 Å².